The zero-order valence-corrected chi connectivity index (χ0v) is 26.0. The summed E-state index contributed by atoms with van der Waals surface area (Å²) in [7, 11) is 0. The van der Waals surface area contributed by atoms with E-state index < -0.39 is 41.4 Å². The van der Waals surface area contributed by atoms with Crippen LogP contribution in [0.2, 0.25) is 0 Å². The zero-order valence-electron chi connectivity index (χ0n) is 26.0. The quantitative estimate of drug-likeness (QED) is 0.116. The van der Waals surface area contributed by atoms with Crippen molar-refractivity contribution in [2.45, 2.75) is 76.4 Å². The summed E-state index contributed by atoms with van der Waals surface area (Å²) in [6.07, 6.45) is -2.23. The lowest BCUT2D eigenvalue weighted by Crippen LogP contribution is -2.54. The van der Waals surface area contributed by atoms with Crippen LogP contribution in [0.5, 0.6) is 11.5 Å². The summed E-state index contributed by atoms with van der Waals surface area (Å²) in [5.41, 5.74) is 7.92. The van der Waals surface area contributed by atoms with E-state index in [4.69, 9.17) is 15.2 Å². The summed E-state index contributed by atoms with van der Waals surface area (Å²) >= 11 is 0. The molecule has 8 nitrogen and oxygen atoms in total. The number of aromatic nitrogens is 1. The number of halogens is 3. The number of esters is 1. The van der Waals surface area contributed by atoms with Crippen molar-refractivity contribution in [3.05, 3.63) is 95.2 Å². The highest BCUT2D eigenvalue weighted by Gasteiger charge is 2.36. The second-order valence-corrected chi connectivity index (χ2v) is 12.5. The Morgan fingerprint density at radius 1 is 0.957 bits per heavy atom. The predicted molar refractivity (Wildman–Crippen MR) is 169 cm³/mol. The highest BCUT2D eigenvalue weighted by molar-refractivity contribution is 5.91. The second kappa shape index (κ2) is 13.6. The fraction of sp³-hybridized carbons (Fsp3) is 0.371. The smallest absolute Gasteiger partial charge is 0.416 e. The molecule has 1 aliphatic rings. The molecule has 1 amide bonds. The fourth-order valence-corrected chi connectivity index (χ4v) is 5.63. The largest absolute Gasteiger partial charge is 0.458 e. The van der Waals surface area contributed by atoms with Crippen molar-refractivity contribution in [2.75, 3.05) is 6.54 Å². The van der Waals surface area contributed by atoms with Crippen LogP contribution >= 0.6 is 0 Å². The van der Waals surface area contributed by atoms with Gasteiger partial charge in [0.25, 0.3) is 0 Å². The van der Waals surface area contributed by atoms with Crippen molar-refractivity contribution in [1.29, 1.82) is 0 Å². The molecule has 3 atom stereocenters. The first-order chi connectivity index (χ1) is 21.8. The van der Waals surface area contributed by atoms with Crippen LogP contribution in [-0.2, 0) is 26.9 Å². The molecule has 11 heteroatoms. The summed E-state index contributed by atoms with van der Waals surface area (Å²) in [6.45, 7) is 5.85. The lowest BCUT2D eigenvalue weighted by atomic mass is 9.89. The van der Waals surface area contributed by atoms with E-state index in [0.29, 0.717) is 31.6 Å². The van der Waals surface area contributed by atoms with E-state index in [0.717, 1.165) is 46.3 Å². The number of carbonyl (C=O) groups excluding carboxylic acids is 2. The maximum atomic E-state index is 13.8. The monoisotopic (exact) mass is 636 g/mol. The Hall–Kier alpha value is -4.35. The molecule has 0 saturated heterocycles. The Morgan fingerprint density at radius 2 is 1.61 bits per heavy atom. The normalized spacial score (nSPS) is 17.3. The van der Waals surface area contributed by atoms with Crippen LogP contribution < -0.4 is 21.1 Å². The van der Waals surface area contributed by atoms with Crippen molar-refractivity contribution in [1.82, 2.24) is 15.6 Å². The molecule has 0 radical (unpaired) electrons. The van der Waals surface area contributed by atoms with Crippen LogP contribution in [0.25, 0.3) is 10.9 Å². The molecule has 46 heavy (non-hydrogen) atoms. The molecule has 1 aliphatic heterocycles. The minimum absolute atomic E-state index is 0.275. The van der Waals surface area contributed by atoms with E-state index in [-0.39, 0.29) is 11.7 Å². The minimum Gasteiger partial charge on any atom is -0.458 e. The van der Waals surface area contributed by atoms with Gasteiger partial charge in [-0.05, 0) is 107 Å². The number of fused-ring (bicyclic) bond motifs is 3. The molecule has 0 bridgehead atoms. The zero-order chi connectivity index (χ0) is 33.1. The maximum absolute atomic E-state index is 13.8. The van der Waals surface area contributed by atoms with Crippen LogP contribution in [0, 0.1) is 0 Å². The maximum Gasteiger partial charge on any atom is 0.416 e. The lowest BCUT2D eigenvalue weighted by molar-refractivity contribution is -0.159. The van der Waals surface area contributed by atoms with E-state index >= 15 is 0 Å². The number of unbranched alkanes of at least 4 members (excludes halogenated alkanes) is 1. The van der Waals surface area contributed by atoms with Gasteiger partial charge >= 0.3 is 12.1 Å². The average Bonchev–Trinajstić information content (AvgIpc) is 3.38. The first kappa shape index (κ1) is 33.0. The number of alkyl halides is 3. The minimum atomic E-state index is -4.43. The van der Waals surface area contributed by atoms with Gasteiger partial charge in [-0.15, -0.1) is 0 Å². The van der Waals surface area contributed by atoms with Gasteiger partial charge in [-0.2, -0.15) is 13.2 Å². The van der Waals surface area contributed by atoms with Gasteiger partial charge in [-0.3, -0.25) is 10.1 Å². The number of hydrogen-bond acceptors (Lipinski definition) is 6. The number of para-hydroxylation sites is 1. The van der Waals surface area contributed by atoms with E-state index in [1.165, 1.54) is 12.1 Å². The molecule has 3 aromatic carbocycles. The molecule has 1 aromatic heterocycles. The van der Waals surface area contributed by atoms with Gasteiger partial charge in [-0.1, -0.05) is 30.3 Å². The van der Waals surface area contributed by atoms with Crippen LogP contribution in [0.4, 0.5) is 13.2 Å². The van der Waals surface area contributed by atoms with Gasteiger partial charge in [0, 0.05) is 16.6 Å². The van der Waals surface area contributed by atoms with Crippen LogP contribution in [-0.4, -0.2) is 41.1 Å². The van der Waals surface area contributed by atoms with Gasteiger partial charge in [0.05, 0.1) is 17.6 Å². The molecule has 5 rings (SSSR count). The average molecular weight is 637 g/mol. The summed E-state index contributed by atoms with van der Waals surface area (Å²) in [5.74, 6) is -0.0752. The van der Waals surface area contributed by atoms with Crippen molar-refractivity contribution in [3.8, 4) is 11.5 Å². The summed E-state index contributed by atoms with van der Waals surface area (Å²) in [4.78, 5) is 30.4. The third-order valence-corrected chi connectivity index (χ3v) is 7.81. The molecule has 0 saturated carbocycles. The second-order valence-electron chi connectivity index (χ2n) is 12.5. The van der Waals surface area contributed by atoms with Gasteiger partial charge in [0.2, 0.25) is 5.91 Å². The van der Waals surface area contributed by atoms with Gasteiger partial charge in [0.15, 0.2) is 0 Å². The van der Waals surface area contributed by atoms with E-state index in [1.54, 1.807) is 32.9 Å². The molecule has 2 heterocycles. The standard InChI is InChI=1S/C35H39F3N4O4/c1-34(2,3)46-33(44)28(10-6-7-19-39)42-32(43)29-20-26-25-8-4-5-9-27(25)40-31(26)30(41-29)21-11-15-23(16-12-21)45-24-17-13-22(14-18-24)35(36,37)38/h4-5,8-9,11-18,28-30,40-41H,6-7,10,19-20,39H2,1-3H3,(H,42,43). The highest BCUT2D eigenvalue weighted by atomic mass is 19.4. The number of rotatable bonds is 10. The summed E-state index contributed by atoms with van der Waals surface area (Å²) in [6, 6.07) is 17.7. The Labute approximate surface area is 265 Å². The topological polar surface area (TPSA) is 118 Å². The van der Waals surface area contributed by atoms with Crippen molar-refractivity contribution in [3.63, 3.8) is 0 Å². The SMILES string of the molecule is CC(C)(C)OC(=O)C(CCCCN)NC(=O)C1Cc2c([nH]c3ccccc23)C(c2ccc(Oc3ccc(C(F)(F)F)cc3)cc2)N1. The summed E-state index contributed by atoms with van der Waals surface area (Å²) in [5, 5.41) is 7.43. The van der Waals surface area contributed by atoms with Gasteiger partial charge < -0.3 is 25.5 Å². The number of nitrogens with two attached hydrogens (primary N) is 1. The van der Waals surface area contributed by atoms with Crippen molar-refractivity contribution < 1.29 is 32.2 Å². The Morgan fingerprint density at radius 3 is 2.24 bits per heavy atom. The van der Waals surface area contributed by atoms with Gasteiger partial charge in [0.1, 0.15) is 23.1 Å². The van der Waals surface area contributed by atoms with E-state index in [2.05, 4.69) is 15.6 Å². The number of carbonyl (C=O) groups is 2. The molecular weight excluding hydrogens is 597 g/mol. The van der Waals surface area contributed by atoms with Crippen molar-refractivity contribution in [2.24, 2.45) is 5.73 Å². The number of nitrogens with one attached hydrogen (secondary N) is 3. The number of aromatic amines is 1. The lowest BCUT2D eigenvalue weighted by Gasteiger charge is -2.32. The highest BCUT2D eigenvalue weighted by Crippen LogP contribution is 2.36. The van der Waals surface area contributed by atoms with Crippen LogP contribution in [0.3, 0.4) is 0 Å². The predicted octanol–water partition coefficient (Wildman–Crippen LogP) is 6.54. The molecule has 244 valence electrons. The Bertz CT molecular complexity index is 1660. The van der Waals surface area contributed by atoms with E-state index in [9.17, 15) is 22.8 Å². The first-order valence-electron chi connectivity index (χ1n) is 15.4. The third kappa shape index (κ3) is 7.89. The molecule has 5 N–H and O–H groups in total. The first-order valence-corrected chi connectivity index (χ1v) is 15.4. The van der Waals surface area contributed by atoms with Crippen LogP contribution in [0.15, 0.2) is 72.8 Å². The number of amides is 1. The Kier molecular flexibility index (Phi) is 9.74. The molecule has 0 spiro atoms. The molecule has 4 aromatic rings. The number of ether oxygens (including phenoxy) is 2. The third-order valence-electron chi connectivity index (χ3n) is 7.81. The van der Waals surface area contributed by atoms with Gasteiger partial charge in [-0.25, -0.2) is 4.79 Å². The molecular formula is C35H39F3N4O4. The fourth-order valence-electron chi connectivity index (χ4n) is 5.63. The summed E-state index contributed by atoms with van der Waals surface area (Å²) < 4.78 is 50.2. The number of hydrogen-bond donors (Lipinski definition) is 4. The van der Waals surface area contributed by atoms with Crippen molar-refractivity contribution >= 4 is 22.8 Å². The number of H-pyrrole nitrogens is 1. The molecule has 0 aliphatic carbocycles. The Balaban J connectivity index is 1.38. The van der Waals surface area contributed by atoms with E-state index in [1.807, 2.05) is 36.4 Å². The molecule has 3 unspecified atom stereocenters. The van der Waals surface area contributed by atoms with Crippen LogP contribution in [0.1, 0.15) is 68.5 Å². The molecule has 0 fully saturated rings. The number of benzene rings is 3.